The van der Waals surface area contributed by atoms with Gasteiger partial charge in [0.05, 0.1) is 18.4 Å². The number of nitrogens with zero attached hydrogens (tertiary/aromatic N) is 4. The smallest absolute Gasteiger partial charge is 0.129 e. The van der Waals surface area contributed by atoms with Crippen molar-refractivity contribution in [3.8, 4) is 0 Å². The van der Waals surface area contributed by atoms with Crippen molar-refractivity contribution < 1.29 is 0 Å². The number of imidazole rings is 1. The Bertz CT molecular complexity index is 517. The number of nitrogens with two attached hydrogens (primary N) is 1. The lowest BCUT2D eigenvalue weighted by Gasteiger charge is -2.18. The molecule has 0 saturated carbocycles. The lowest BCUT2D eigenvalue weighted by atomic mass is 10.2. The average Bonchev–Trinajstić information content (AvgIpc) is 2.68. The van der Waals surface area contributed by atoms with E-state index in [-0.39, 0.29) is 0 Å². The van der Waals surface area contributed by atoms with Gasteiger partial charge < -0.3 is 15.2 Å². The van der Waals surface area contributed by atoms with Crippen LogP contribution in [0.15, 0.2) is 24.7 Å². The predicted octanol–water partition coefficient (Wildman–Crippen LogP) is 1.34. The molecule has 0 aromatic carbocycles. The second-order valence-corrected chi connectivity index (χ2v) is 4.21. The quantitative estimate of drug-likeness (QED) is 0.866. The fourth-order valence-electron chi connectivity index (χ4n) is 1.60. The lowest BCUT2D eigenvalue weighted by Crippen LogP contribution is -2.20. The van der Waals surface area contributed by atoms with Gasteiger partial charge in [0.1, 0.15) is 11.6 Å². The van der Waals surface area contributed by atoms with Crippen molar-refractivity contribution in [2.45, 2.75) is 13.5 Å². The summed E-state index contributed by atoms with van der Waals surface area (Å²) in [5, 5.41) is 0. The molecule has 0 spiro atoms. The van der Waals surface area contributed by atoms with Crippen molar-refractivity contribution in [3.63, 3.8) is 0 Å². The van der Waals surface area contributed by atoms with Gasteiger partial charge in [-0.2, -0.15) is 0 Å². The minimum absolute atomic E-state index is 0.721. The Hall–Kier alpha value is -2.04. The molecular weight excluding hydrogens is 214 g/mol. The minimum atomic E-state index is 0.721. The summed E-state index contributed by atoms with van der Waals surface area (Å²) in [4.78, 5) is 10.7. The predicted molar refractivity (Wildman–Crippen MR) is 68.7 cm³/mol. The van der Waals surface area contributed by atoms with Gasteiger partial charge >= 0.3 is 0 Å². The van der Waals surface area contributed by atoms with Gasteiger partial charge in [-0.1, -0.05) is 0 Å². The van der Waals surface area contributed by atoms with Gasteiger partial charge in [0.2, 0.25) is 0 Å². The number of hydrogen-bond donors (Lipinski definition) is 1. The third kappa shape index (κ3) is 2.38. The van der Waals surface area contributed by atoms with E-state index >= 15 is 0 Å². The summed E-state index contributed by atoms with van der Waals surface area (Å²) in [5.41, 5.74) is 7.52. The summed E-state index contributed by atoms with van der Waals surface area (Å²) < 4.78 is 2.00. The molecule has 0 saturated heterocycles. The first-order chi connectivity index (χ1) is 8.08. The molecule has 2 aromatic rings. The normalized spacial score (nSPS) is 10.5. The van der Waals surface area contributed by atoms with Crippen LogP contribution < -0.4 is 10.6 Å². The molecule has 0 atom stereocenters. The van der Waals surface area contributed by atoms with E-state index in [1.54, 1.807) is 12.4 Å². The Kier molecular flexibility index (Phi) is 2.99. The molecule has 90 valence electrons. The van der Waals surface area contributed by atoms with Crippen molar-refractivity contribution in [2.24, 2.45) is 7.05 Å². The Morgan fingerprint density at radius 1 is 1.41 bits per heavy atom. The van der Waals surface area contributed by atoms with Crippen molar-refractivity contribution in [1.29, 1.82) is 0 Å². The molecule has 5 nitrogen and oxygen atoms in total. The molecule has 2 rings (SSSR count). The van der Waals surface area contributed by atoms with Crippen LogP contribution in [0.1, 0.15) is 11.4 Å². The third-order valence-corrected chi connectivity index (χ3v) is 2.83. The van der Waals surface area contributed by atoms with Crippen molar-refractivity contribution in [1.82, 2.24) is 14.5 Å². The second kappa shape index (κ2) is 4.45. The van der Waals surface area contributed by atoms with Crippen molar-refractivity contribution >= 4 is 11.5 Å². The van der Waals surface area contributed by atoms with E-state index < -0.39 is 0 Å². The van der Waals surface area contributed by atoms with E-state index in [1.165, 1.54) is 0 Å². The molecule has 2 aromatic heterocycles. The number of hydrogen-bond acceptors (Lipinski definition) is 4. The fraction of sp³-hybridized carbons (Fsp3) is 0.333. The largest absolute Gasteiger partial charge is 0.397 e. The summed E-state index contributed by atoms with van der Waals surface area (Å²) in [7, 11) is 3.98. The number of aromatic nitrogens is 3. The first kappa shape index (κ1) is 11.4. The van der Waals surface area contributed by atoms with Gasteiger partial charge in [0, 0.05) is 26.5 Å². The summed E-state index contributed by atoms with van der Waals surface area (Å²) >= 11 is 0. The van der Waals surface area contributed by atoms with Gasteiger partial charge in [0.15, 0.2) is 0 Å². The lowest BCUT2D eigenvalue weighted by molar-refractivity contribution is 0.755. The zero-order chi connectivity index (χ0) is 12.4. The summed E-state index contributed by atoms with van der Waals surface area (Å²) in [6.07, 6.45) is 5.43. The number of rotatable bonds is 3. The highest BCUT2D eigenvalue weighted by atomic mass is 15.2. The topological polar surface area (TPSA) is 60.0 Å². The van der Waals surface area contributed by atoms with Crippen LogP contribution in [0.4, 0.5) is 11.5 Å². The highest BCUT2D eigenvalue weighted by molar-refractivity contribution is 5.51. The zero-order valence-electron chi connectivity index (χ0n) is 10.4. The molecule has 0 bridgehead atoms. The number of aryl methyl sites for hydroxylation is 2. The van der Waals surface area contributed by atoms with Crippen LogP contribution in [-0.4, -0.2) is 21.6 Å². The van der Waals surface area contributed by atoms with Gasteiger partial charge in [-0.3, -0.25) is 0 Å². The van der Waals surface area contributed by atoms with Gasteiger partial charge in [-0.25, -0.2) is 9.97 Å². The maximum Gasteiger partial charge on any atom is 0.129 e. The van der Waals surface area contributed by atoms with Crippen LogP contribution in [0.5, 0.6) is 0 Å². The van der Waals surface area contributed by atoms with E-state index in [9.17, 15) is 0 Å². The van der Waals surface area contributed by atoms with E-state index in [0.717, 1.165) is 29.4 Å². The van der Waals surface area contributed by atoms with E-state index in [1.807, 2.05) is 37.8 Å². The first-order valence-electron chi connectivity index (χ1n) is 5.47. The minimum Gasteiger partial charge on any atom is -0.397 e. The van der Waals surface area contributed by atoms with E-state index in [4.69, 9.17) is 5.73 Å². The average molecular weight is 231 g/mol. The van der Waals surface area contributed by atoms with Crippen LogP contribution >= 0.6 is 0 Å². The SMILES string of the molecule is Cc1cc(N(C)Cc2nccn2C)ncc1N. The molecule has 0 amide bonds. The summed E-state index contributed by atoms with van der Waals surface area (Å²) in [6, 6.07) is 1.98. The molecular formula is C12H17N5. The first-order valence-corrected chi connectivity index (χ1v) is 5.47. The maximum absolute atomic E-state index is 5.75. The Labute approximate surface area is 101 Å². The van der Waals surface area contributed by atoms with Crippen LogP contribution in [0.25, 0.3) is 0 Å². The Morgan fingerprint density at radius 3 is 2.76 bits per heavy atom. The maximum atomic E-state index is 5.75. The summed E-state index contributed by atoms with van der Waals surface area (Å²) in [5.74, 6) is 1.91. The van der Waals surface area contributed by atoms with Gasteiger partial charge in [0.25, 0.3) is 0 Å². The monoisotopic (exact) mass is 231 g/mol. The van der Waals surface area contributed by atoms with E-state index in [0.29, 0.717) is 0 Å². The van der Waals surface area contributed by atoms with E-state index in [2.05, 4.69) is 14.9 Å². The van der Waals surface area contributed by atoms with Crippen LogP contribution in [0.3, 0.4) is 0 Å². The molecule has 0 aliphatic carbocycles. The highest BCUT2D eigenvalue weighted by Gasteiger charge is 2.07. The molecule has 2 N–H and O–H groups in total. The molecule has 0 aliphatic heterocycles. The molecule has 17 heavy (non-hydrogen) atoms. The standard InChI is InChI=1S/C12H17N5/c1-9-6-11(15-7-10(9)13)17(3)8-12-14-4-5-16(12)2/h4-7H,8,13H2,1-3H3. The van der Waals surface area contributed by atoms with Crippen LogP contribution in [0.2, 0.25) is 0 Å². The molecule has 5 heteroatoms. The van der Waals surface area contributed by atoms with Gasteiger partial charge in [-0.15, -0.1) is 0 Å². The molecule has 0 fully saturated rings. The van der Waals surface area contributed by atoms with Crippen molar-refractivity contribution in [3.05, 3.63) is 36.0 Å². The molecule has 0 aliphatic rings. The molecule has 2 heterocycles. The zero-order valence-corrected chi connectivity index (χ0v) is 10.4. The van der Waals surface area contributed by atoms with Crippen molar-refractivity contribution in [2.75, 3.05) is 17.7 Å². The highest BCUT2D eigenvalue weighted by Crippen LogP contribution is 2.17. The Morgan fingerprint density at radius 2 is 2.18 bits per heavy atom. The number of pyridine rings is 1. The third-order valence-electron chi connectivity index (χ3n) is 2.83. The van der Waals surface area contributed by atoms with Crippen LogP contribution in [0, 0.1) is 6.92 Å². The second-order valence-electron chi connectivity index (χ2n) is 4.21. The Balaban J connectivity index is 2.17. The summed E-state index contributed by atoms with van der Waals surface area (Å²) in [6.45, 7) is 2.70. The van der Waals surface area contributed by atoms with Crippen LogP contribution in [-0.2, 0) is 13.6 Å². The molecule has 0 unspecified atom stereocenters. The fourth-order valence-corrected chi connectivity index (χ4v) is 1.60. The number of anilines is 2. The van der Waals surface area contributed by atoms with Gasteiger partial charge in [-0.05, 0) is 18.6 Å². The number of nitrogen functional groups attached to an aromatic ring is 1. The molecule has 0 radical (unpaired) electrons.